The molecule has 0 aliphatic heterocycles. The normalized spacial score (nSPS) is 10.6. The average Bonchev–Trinajstić information content (AvgIpc) is 2.20. The molecule has 0 saturated heterocycles. The highest BCUT2D eigenvalue weighted by atomic mass is 79.9. The molecule has 3 heteroatoms. The van der Waals surface area contributed by atoms with Gasteiger partial charge in [0.15, 0.2) is 0 Å². The van der Waals surface area contributed by atoms with Crippen LogP contribution in [0.25, 0.3) is 0 Å². The fourth-order valence-corrected chi connectivity index (χ4v) is 2.39. The van der Waals surface area contributed by atoms with Gasteiger partial charge in [-0.2, -0.15) is 0 Å². The van der Waals surface area contributed by atoms with E-state index in [1.165, 1.54) is 31.2 Å². The van der Waals surface area contributed by atoms with Crippen LogP contribution in [-0.2, 0) is 6.42 Å². The Hall–Kier alpha value is 0.280. The van der Waals surface area contributed by atoms with E-state index in [0.717, 1.165) is 16.8 Å². The van der Waals surface area contributed by atoms with E-state index in [2.05, 4.69) is 15.9 Å². The van der Waals surface area contributed by atoms with Crippen LogP contribution in [0.5, 0.6) is 0 Å². The highest BCUT2D eigenvalue weighted by molar-refractivity contribution is 9.09. The molecule has 0 bridgehead atoms. The lowest BCUT2D eigenvalue weighted by molar-refractivity contribution is 0.671. The van der Waals surface area contributed by atoms with Crippen LogP contribution in [0.15, 0.2) is 18.2 Å². The molecule has 1 rings (SSSR count). The van der Waals surface area contributed by atoms with Crippen molar-refractivity contribution in [1.29, 1.82) is 0 Å². The summed E-state index contributed by atoms with van der Waals surface area (Å²) < 4.78 is 0. The molecule has 0 radical (unpaired) electrons. The van der Waals surface area contributed by atoms with Gasteiger partial charge in [-0.15, -0.1) is 0 Å². The molecule has 0 unspecified atom stereocenters. The van der Waals surface area contributed by atoms with Crippen molar-refractivity contribution in [1.82, 2.24) is 0 Å². The molecule has 0 atom stereocenters. The first kappa shape index (κ1) is 13.3. The first-order valence-corrected chi connectivity index (χ1v) is 7.11. The van der Waals surface area contributed by atoms with E-state index in [1.807, 2.05) is 18.2 Å². The Morgan fingerprint density at radius 3 is 2.40 bits per heavy atom. The van der Waals surface area contributed by atoms with E-state index >= 15 is 0 Å². The van der Waals surface area contributed by atoms with Gasteiger partial charge < -0.3 is 0 Å². The maximum Gasteiger partial charge on any atom is 0.0452 e. The maximum absolute atomic E-state index is 6.08. The SMILES string of the molecule is Clc1ccc(CCCCCCBr)c(Cl)c1. The van der Waals surface area contributed by atoms with Gasteiger partial charge in [-0.1, -0.05) is 58.0 Å². The fraction of sp³-hybridized carbons (Fsp3) is 0.500. The summed E-state index contributed by atoms with van der Waals surface area (Å²) >= 11 is 15.3. The second-order valence-electron chi connectivity index (χ2n) is 3.59. The molecule has 1 aromatic rings. The van der Waals surface area contributed by atoms with Gasteiger partial charge in [-0.05, 0) is 37.0 Å². The number of alkyl halides is 1. The van der Waals surface area contributed by atoms with Crippen LogP contribution in [0.1, 0.15) is 31.2 Å². The highest BCUT2D eigenvalue weighted by Crippen LogP contribution is 2.22. The molecule has 0 aliphatic rings. The molecule has 0 nitrogen and oxygen atoms in total. The molecular formula is C12H15BrCl2. The van der Waals surface area contributed by atoms with Gasteiger partial charge in [0.1, 0.15) is 0 Å². The molecule has 0 N–H and O–H groups in total. The number of aryl methyl sites for hydroxylation is 1. The van der Waals surface area contributed by atoms with E-state index in [1.54, 1.807) is 0 Å². The van der Waals surface area contributed by atoms with Crippen molar-refractivity contribution in [3.05, 3.63) is 33.8 Å². The van der Waals surface area contributed by atoms with Gasteiger partial charge in [0.2, 0.25) is 0 Å². The van der Waals surface area contributed by atoms with Gasteiger partial charge in [0.25, 0.3) is 0 Å². The average molecular weight is 310 g/mol. The van der Waals surface area contributed by atoms with Crippen molar-refractivity contribution in [3.63, 3.8) is 0 Å². The van der Waals surface area contributed by atoms with Crippen LogP contribution in [0.4, 0.5) is 0 Å². The summed E-state index contributed by atoms with van der Waals surface area (Å²) in [6, 6.07) is 5.74. The summed E-state index contributed by atoms with van der Waals surface area (Å²) in [6.45, 7) is 0. The first-order valence-electron chi connectivity index (χ1n) is 5.24. The van der Waals surface area contributed by atoms with E-state index in [4.69, 9.17) is 23.2 Å². The minimum absolute atomic E-state index is 0.711. The third-order valence-corrected chi connectivity index (χ3v) is 3.49. The largest absolute Gasteiger partial charge is 0.0928 e. The van der Waals surface area contributed by atoms with Crippen LogP contribution in [-0.4, -0.2) is 5.33 Å². The molecule has 0 saturated carbocycles. The lowest BCUT2D eigenvalue weighted by atomic mass is 10.1. The van der Waals surface area contributed by atoms with Gasteiger partial charge in [0, 0.05) is 15.4 Å². The van der Waals surface area contributed by atoms with Crippen LogP contribution in [0.3, 0.4) is 0 Å². The minimum Gasteiger partial charge on any atom is -0.0928 e. The molecule has 0 spiro atoms. The lowest BCUT2D eigenvalue weighted by Gasteiger charge is -2.04. The van der Waals surface area contributed by atoms with Crippen LogP contribution in [0, 0.1) is 0 Å². The van der Waals surface area contributed by atoms with Crippen molar-refractivity contribution >= 4 is 39.1 Å². The molecular weight excluding hydrogens is 295 g/mol. The van der Waals surface area contributed by atoms with Gasteiger partial charge in [0.05, 0.1) is 0 Å². The summed E-state index contributed by atoms with van der Waals surface area (Å²) in [5, 5.41) is 2.61. The predicted molar refractivity (Wildman–Crippen MR) is 72.4 cm³/mol. The predicted octanol–water partition coefficient (Wildman–Crippen LogP) is 5.49. The molecule has 1 aromatic carbocycles. The van der Waals surface area contributed by atoms with Gasteiger partial charge in [-0.25, -0.2) is 0 Å². The molecule has 0 amide bonds. The minimum atomic E-state index is 0.711. The third kappa shape index (κ3) is 5.24. The molecule has 0 aliphatic carbocycles. The number of halogens is 3. The smallest absolute Gasteiger partial charge is 0.0452 e. The van der Waals surface area contributed by atoms with Crippen molar-refractivity contribution in [2.45, 2.75) is 32.1 Å². The van der Waals surface area contributed by atoms with E-state index in [0.29, 0.717) is 5.02 Å². The number of rotatable bonds is 6. The summed E-state index contributed by atoms with van der Waals surface area (Å²) in [6.07, 6.45) is 6.07. The van der Waals surface area contributed by atoms with Crippen molar-refractivity contribution in [3.8, 4) is 0 Å². The van der Waals surface area contributed by atoms with E-state index in [-0.39, 0.29) is 0 Å². The Morgan fingerprint density at radius 1 is 1.00 bits per heavy atom. The van der Waals surface area contributed by atoms with Gasteiger partial charge >= 0.3 is 0 Å². The van der Waals surface area contributed by atoms with Crippen molar-refractivity contribution in [2.75, 3.05) is 5.33 Å². The second-order valence-corrected chi connectivity index (χ2v) is 5.23. The zero-order valence-electron chi connectivity index (χ0n) is 8.61. The summed E-state index contributed by atoms with van der Waals surface area (Å²) in [7, 11) is 0. The Bertz CT molecular complexity index is 300. The summed E-state index contributed by atoms with van der Waals surface area (Å²) in [4.78, 5) is 0. The maximum atomic E-state index is 6.08. The quantitative estimate of drug-likeness (QED) is 0.481. The summed E-state index contributed by atoms with van der Waals surface area (Å²) in [5.41, 5.74) is 1.21. The van der Waals surface area contributed by atoms with Crippen LogP contribution in [0.2, 0.25) is 10.0 Å². The number of hydrogen-bond donors (Lipinski definition) is 0. The van der Waals surface area contributed by atoms with Crippen LogP contribution < -0.4 is 0 Å². The van der Waals surface area contributed by atoms with Gasteiger partial charge in [-0.3, -0.25) is 0 Å². The Balaban J connectivity index is 2.31. The zero-order chi connectivity index (χ0) is 11.1. The number of unbranched alkanes of at least 4 members (excludes halogenated alkanes) is 3. The van der Waals surface area contributed by atoms with Crippen LogP contribution >= 0.6 is 39.1 Å². The lowest BCUT2D eigenvalue weighted by Crippen LogP contribution is -1.87. The van der Waals surface area contributed by atoms with E-state index in [9.17, 15) is 0 Å². The number of benzene rings is 1. The Labute approximate surface area is 110 Å². The third-order valence-electron chi connectivity index (χ3n) is 2.34. The fourth-order valence-electron chi connectivity index (χ4n) is 1.49. The zero-order valence-corrected chi connectivity index (χ0v) is 11.7. The summed E-state index contributed by atoms with van der Waals surface area (Å²) in [5.74, 6) is 0. The number of hydrogen-bond acceptors (Lipinski definition) is 0. The Kier molecular flexibility index (Phi) is 6.71. The molecule has 0 aromatic heterocycles. The van der Waals surface area contributed by atoms with Crippen molar-refractivity contribution in [2.24, 2.45) is 0 Å². The molecule has 0 heterocycles. The molecule has 84 valence electrons. The topological polar surface area (TPSA) is 0 Å². The highest BCUT2D eigenvalue weighted by Gasteiger charge is 2.00. The van der Waals surface area contributed by atoms with E-state index < -0.39 is 0 Å². The molecule has 0 fully saturated rings. The second kappa shape index (κ2) is 7.54. The monoisotopic (exact) mass is 308 g/mol. The molecule has 15 heavy (non-hydrogen) atoms. The van der Waals surface area contributed by atoms with Crippen molar-refractivity contribution < 1.29 is 0 Å². The standard InChI is InChI=1S/C12H15BrCl2/c13-8-4-2-1-3-5-10-6-7-11(14)9-12(10)15/h6-7,9H,1-5,8H2. The Morgan fingerprint density at radius 2 is 1.73 bits per heavy atom. The first-order chi connectivity index (χ1) is 7.24.